The molecular weight excluding hydrogens is 176 g/mol. The van der Waals surface area contributed by atoms with Gasteiger partial charge in [-0.15, -0.1) is 0 Å². The van der Waals surface area contributed by atoms with Gasteiger partial charge in [0.25, 0.3) is 0 Å². The maximum absolute atomic E-state index is 8.61. The van der Waals surface area contributed by atoms with E-state index >= 15 is 0 Å². The lowest BCUT2D eigenvalue weighted by atomic mass is 10.3. The van der Waals surface area contributed by atoms with Crippen molar-refractivity contribution < 1.29 is 0 Å². The minimum absolute atomic E-state index is 0.460. The number of nitrogens with one attached hydrogen (secondary N) is 2. The zero-order valence-corrected chi connectivity index (χ0v) is 7.78. The van der Waals surface area contributed by atoms with Gasteiger partial charge in [-0.25, -0.2) is 0 Å². The summed E-state index contributed by atoms with van der Waals surface area (Å²) in [4.78, 5) is 3.88. The summed E-state index contributed by atoms with van der Waals surface area (Å²) in [6, 6.07) is 3.69. The molecule has 0 aliphatic rings. The fourth-order valence-corrected chi connectivity index (χ4v) is 0.843. The molecule has 0 bridgehead atoms. The minimum atomic E-state index is 0.460. The molecule has 1 aromatic heterocycles. The second kappa shape index (κ2) is 4.77. The van der Waals surface area contributed by atoms with Gasteiger partial charge in [-0.3, -0.25) is 4.98 Å². The van der Waals surface area contributed by atoms with Crippen LogP contribution in [0.5, 0.6) is 0 Å². The molecule has 1 aromatic rings. The van der Waals surface area contributed by atoms with Gasteiger partial charge in [0.2, 0.25) is 0 Å². The molecule has 0 atom stereocenters. The van der Waals surface area contributed by atoms with E-state index in [0.717, 1.165) is 5.69 Å². The largest absolute Gasteiger partial charge is 0.360 e. The number of aromatic nitrogens is 1. The van der Waals surface area contributed by atoms with Crippen LogP contribution in [0.3, 0.4) is 0 Å². The SMILES string of the molecule is CC(=N)/C=C\Nc1cncc(C#N)c1. The zero-order valence-electron chi connectivity index (χ0n) is 7.78. The van der Waals surface area contributed by atoms with E-state index < -0.39 is 0 Å². The third-order valence-corrected chi connectivity index (χ3v) is 1.45. The first-order valence-electron chi connectivity index (χ1n) is 4.06. The predicted octanol–water partition coefficient (Wildman–Crippen LogP) is 1.92. The van der Waals surface area contributed by atoms with Gasteiger partial charge in [-0.2, -0.15) is 5.26 Å². The molecule has 0 saturated carbocycles. The van der Waals surface area contributed by atoms with E-state index in [-0.39, 0.29) is 0 Å². The average Bonchev–Trinajstić information content (AvgIpc) is 2.18. The molecule has 0 amide bonds. The molecule has 0 unspecified atom stereocenters. The Labute approximate surface area is 82.4 Å². The molecule has 2 N–H and O–H groups in total. The molecule has 14 heavy (non-hydrogen) atoms. The predicted molar refractivity (Wildman–Crippen MR) is 55.1 cm³/mol. The molecule has 0 aromatic carbocycles. The standard InChI is InChI=1S/C10H10N4/c1-8(12)2-3-14-10-4-9(5-11)6-13-7-10/h2-4,6-7,12,14H,1H3/b3-2-,12-8?. The Morgan fingerprint density at radius 1 is 1.64 bits per heavy atom. The molecule has 0 aliphatic carbocycles. The second-order valence-electron chi connectivity index (χ2n) is 2.73. The van der Waals surface area contributed by atoms with Gasteiger partial charge in [-0.1, -0.05) is 0 Å². The smallest absolute Gasteiger partial charge is 0.101 e. The normalized spacial score (nSPS) is 9.71. The van der Waals surface area contributed by atoms with Gasteiger partial charge >= 0.3 is 0 Å². The van der Waals surface area contributed by atoms with Crippen LogP contribution >= 0.6 is 0 Å². The van der Waals surface area contributed by atoms with Crippen LogP contribution in [0.25, 0.3) is 0 Å². The Kier molecular flexibility index (Phi) is 3.39. The molecule has 0 spiro atoms. The topological polar surface area (TPSA) is 72.6 Å². The number of hydrogen-bond acceptors (Lipinski definition) is 4. The molecule has 0 aliphatic heterocycles. The fourth-order valence-electron chi connectivity index (χ4n) is 0.843. The van der Waals surface area contributed by atoms with Gasteiger partial charge in [0, 0.05) is 18.1 Å². The van der Waals surface area contributed by atoms with Crippen molar-refractivity contribution in [1.29, 1.82) is 10.7 Å². The van der Waals surface area contributed by atoms with E-state index in [1.54, 1.807) is 31.5 Å². The van der Waals surface area contributed by atoms with Gasteiger partial charge in [0.05, 0.1) is 17.4 Å². The van der Waals surface area contributed by atoms with Crippen LogP contribution < -0.4 is 5.32 Å². The van der Waals surface area contributed by atoms with Crippen molar-refractivity contribution in [3.8, 4) is 6.07 Å². The van der Waals surface area contributed by atoms with Crippen molar-refractivity contribution in [2.24, 2.45) is 0 Å². The Balaban J connectivity index is 2.69. The molecule has 0 saturated heterocycles. The number of rotatable bonds is 3. The van der Waals surface area contributed by atoms with Gasteiger partial charge in [-0.05, 0) is 19.1 Å². The van der Waals surface area contributed by atoms with Gasteiger partial charge in [0.15, 0.2) is 0 Å². The van der Waals surface area contributed by atoms with Gasteiger partial charge < -0.3 is 10.7 Å². The van der Waals surface area contributed by atoms with Crippen molar-refractivity contribution in [3.63, 3.8) is 0 Å². The zero-order chi connectivity index (χ0) is 10.4. The summed E-state index contributed by atoms with van der Waals surface area (Å²) in [5, 5.41) is 18.7. The first kappa shape index (κ1) is 9.93. The molecule has 0 fully saturated rings. The maximum atomic E-state index is 8.61. The highest BCUT2D eigenvalue weighted by Gasteiger charge is 1.92. The van der Waals surface area contributed by atoms with E-state index in [0.29, 0.717) is 11.3 Å². The van der Waals surface area contributed by atoms with Crippen molar-refractivity contribution >= 4 is 11.4 Å². The van der Waals surface area contributed by atoms with Crippen LogP contribution in [0.2, 0.25) is 0 Å². The molecule has 1 heterocycles. The number of anilines is 1. The van der Waals surface area contributed by atoms with E-state index in [1.165, 1.54) is 6.20 Å². The number of hydrogen-bond donors (Lipinski definition) is 2. The van der Waals surface area contributed by atoms with Crippen LogP contribution in [0.4, 0.5) is 5.69 Å². The second-order valence-corrected chi connectivity index (χ2v) is 2.73. The van der Waals surface area contributed by atoms with Crippen molar-refractivity contribution in [2.75, 3.05) is 5.32 Å². The Bertz CT molecular complexity index is 401. The summed E-state index contributed by atoms with van der Waals surface area (Å²) >= 11 is 0. The van der Waals surface area contributed by atoms with Crippen LogP contribution in [-0.4, -0.2) is 10.7 Å². The number of allylic oxidation sites excluding steroid dienone is 1. The monoisotopic (exact) mass is 186 g/mol. The van der Waals surface area contributed by atoms with E-state index in [4.69, 9.17) is 10.7 Å². The summed E-state index contributed by atoms with van der Waals surface area (Å²) < 4.78 is 0. The average molecular weight is 186 g/mol. The molecule has 4 nitrogen and oxygen atoms in total. The number of pyridine rings is 1. The summed E-state index contributed by atoms with van der Waals surface area (Å²) in [6.07, 6.45) is 6.38. The third-order valence-electron chi connectivity index (χ3n) is 1.45. The highest BCUT2D eigenvalue weighted by molar-refractivity contribution is 5.90. The maximum Gasteiger partial charge on any atom is 0.101 e. The highest BCUT2D eigenvalue weighted by atomic mass is 14.9. The van der Waals surface area contributed by atoms with Crippen LogP contribution in [-0.2, 0) is 0 Å². The van der Waals surface area contributed by atoms with Gasteiger partial charge in [0.1, 0.15) is 6.07 Å². The Morgan fingerprint density at radius 3 is 3.07 bits per heavy atom. The summed E-state index contributed by atoms with van der Waals surface area (Å²) in [7, 11) is 0. The minimum Gasteiger partial charge on any atom is -0.360 e. The summed E-state index contributed by atoms with van der Waals surface area (Å²) in [5.74, 6) is 0. The Morgan fingerprint density at radius 2 is 2.43 bits per heavy atom. The molecule has 1 rings (SSSR count). The van der Waals surface area contributed by atoms with Crippen LogP contribution in [0, 0.1) is 16.7 Å². The molecule has 4 heteroatoms. The lowest BCUT2D eigenvalue weighted by molar-refractivity contribution is 1.30. The fraction of sp³-hybridized carbons (Fsp3) is 0.100. The van der Waals surface area contributed by atoms with Crippen molar-refractivity contribution in [2.45, 2.75) is 6.92 Å². The molecular formula is C10H10N4. The lowest BCUT2D eigenvalue weighted by Gasteiger charge is -1.98. The van der Waals surface area contributed by atoms with Crippen molar-refractivity contribution in [1.82, 2.24) is 4.98 Å². The summed E-state index contributed by atoms with van der Waals surface area (Å²) in [5.41, 5.74) is 1.71. The number of nitrogens with zero attached hydrogens (tertiary/aromatic N) is 2. The van der Waals surface area contributed by atoms with E-state index in [2.05, 4.69) is 10.3 Å². The molecule has 70 valence electrons. The lowest BCUT2D eigenvalue weighted by Crippen LogP contribution is -1.91. The van der Waals surface area contributed by atoms with E-state index in [1.807, 2.05) is 6.07 Å². The van der Waals surface area contributed by atoms with Crippen molar-refractivity contribution in [3.05, 3.63) is 36.3 Å². The first-order chi connectivity index (χ1) is 6.72. The first-order valence-corrected chi connectivity index (χ1v) is 4.06. The summed E-state index contributed by atoms with van der Waals surface area (Å²) in [6.45, 7) is 1.68. The van der Waals surface area contributed by atoms with Crippen LogP contribution in [0.15, 0.2) is 30.7 Å². The Hall–Kier alpha value is -2.15. The highest BCUT2D eigenvalue weighted by Crippen LogP contribution is 2.06. The molecule has 0 radical (unpaired) electrons. The van der Waals surface area contributed by atoms with E-state index in [9.17, 15) is 0 Å². The third kappa shape index (κ3) is 3.07. The van der Waals surface area contributed by atoms with Crippen LogP contribution in [0.1, 0.15) is 12.5 Å². The quantitative estimate of drug-likeness (QED) is 0.708. The number of nitriles is 1.